The number of phenols is 1. The van der Waals surface area contributed by atoms with E-state index < -0.39 is 74.2 Å². The maximum Gasteiger partial charge on any atom is 0.417 e. The zero-order valence-corrected chi connectivity index (χ0v) is 24.1. The average Bonchev–Trinajstić information content (AvgIpc) is 3.37. The van der Waals surface area contributed by atoms with Crippen molar-refractivity contribution in [1.29, 1.82) is 0 Å². The van der Waals surface area contributed by atoms with Crippen molar-refractivity contribution >= 4 is 34.5 Å². The fourth-order valence-electron chi connectivity index (χ4n) is 3.63. The number of esters is 1. The number of nitrogens with two attached hydrogens (primary N) is 1. The van der Waals surface area contributed by atoms with Gasteiger partial charge in [-0.15, -0.1) is 0 Å². The lowest BCUT2D eigenvalue weighted by Crippen LogP contribution is -2.29. The fraction of sp³-hybridized carbons (Fsp3) is 0.423. The van der Waals surface area contributed by atoms with Gasteiger partial charge in [-0.2, -0.15) is 13.2 Å². The van der Waals surface area contributed by atoms with E-state index in [2.05, 4.69) is 10.3 Å². The van der Waals surface area contributed by atoms with Crippen LogP contribution in [0.4, 0.5) is 18.9 Å². The van der Waals surface area contributed by atoms with Gasteiger partial charge in [-0.1, -0.05) is 20.8 Å². The number of nitrogens with one attached hydrogen (secondary N) is 1. The summed E-state index contributed by atoms with van der Waals surface area (Å²) in [6.45, 7) is 6.90. The minimum absolute atomic E-state index is 0.136. The van der Waals surface area contributed by atoms with Gasteiger partial charge in [-0.25, -0.2) is 9.00 Å². The number of hydrogen-bond donors (Lipinski definition) is 4. The Balaban J connectivity index is 2.81. The first-order valence-electron chi connectivity index (χ1n) is 12.4. The number of aromatic hydroxyl groups is 1. The van der Waals surface area contributed by atoms with Crippen LogP contribution in [0.3, 0.4) is 0 Å². The predicted octanol–water partition coefficient (Wildman–Crippen LogP) is 4.75. The number of amides is 1. The summed E-state index contributed by atoms with van der Waals surface area (Å²) < 4.78 is 73.9. The van der Waals surface area contributed by atoms with Crippen LogP contribution in [0.25, 0.3) is 0 Å². The van der Waals surface area contributed by atoms with Gasteiger partial charge in [0.25, 0.3) is 5.91 Å². The Morgan fingerprint density at radius 1 is 1.24 bits per heavy atom. The van der Waals surface area contributed by atoms with E-state index in [-0.39, 0.29) is 12.5 Å². The molecule has 1 amide bonds. The van der Waals surface area contributed by atoms with Crippen molar-refractivity contribution in [2.24, 2.45) is 10.7 Å². The third kappa shape index (κ3) is 7.88. The van der Waals surface area contributed by atoms with Gasteiger partial charge < -0.3 is 34.8 Å². The molecule has 15 heteroatoms. The number of phenolic OH excluding ortho intramolecular Hbond substituents is 1. The first kappa shape index (κ1) is 33.4. The van der Waals surface area contributed by atoms with Crippen LogP contribution < -0.4 is 11.1 Å². The molecule has 0 aliphatic rings. The highest BCUT2D eigenvalue weighted by Gasteiger charge is 2.38. The van der Waals surface area contributed by atoms with Crippen LogP contribution in [0.15, 0.2) is 44.5 Å². The lowest BCUT2D eigenvalue weighted by molar-refractivity contribution is -0.138. The van der Waals surface area contributed by atoms with Gasteiger partial charge in [0.15, 0.2) is 21.7 Å². The molecule has 1 heterocycles. The number of furan rings is 1. The Labute approximate surface area is 237 Å². The van der Waals surface area contributed by atoms with E-state index in [1.807, 2.05) is 13.8 Å². The first-order chi connectivity index (χ1) is 19.0. The highest BCUT2D eigenvalue weighted by molar-refractivity contribution is 7.84. The van der Waals surface area contributed by atoms with Crippen molar-refractivity contribution in [1.82, 2.24) is 4.90 Å². The van der Waals surface area contributed by atoms with Gasteiger partial charge >= 0.3 is 12.1 Å². The molecule has 1 unspecified atom stereocenters. The van der Waals surface area contributed by atoms with Crippen LogP contribution in [0.5, 0.6) is 5.75 Å². The number of anilines is 1. The van der Waals surface area contributed by atoms with Crippen LogP contribution in [-0.2, 0) is 26.8 Å². The lowest BCUT2D eigenvalue weighted by atomic mass is 10.0. The van der Waals surface area contributed by atoms with Crippen LogP contribution in [0, 0.1) is 0 Å². The maximum absolute atomic E-state index is 13.7. The average molecular weight is 603 g/mol. The Bertz CT molecular complexity index is 1370. The van der Waals surface area contributed by atoms with E-state index in [4.69, 9.17) is 14.9 Å². The molecule has 2 atom stereocenters. The standard InChI is InChI=1S/C26H33F3N4O7S/c1-7-16(18-11-14(12-40-18)13(3)4)32-23(30)20(22(41(37)38)25(36)39-8-2)31-17-10-9-15(26(27,28)29)19(21(17)34)24(35)33(5)6/h9-13,16,31,34H,7-8H2,1-6H3,(H2,30,32)(H,37,38)/b22-20+/t16-/m1/s1. The van der Waals surface area contributed by atoms with Gasteiger partial charge in [0.2, 0.25) is 0 Å². The van der Waals surface area contributed by atoms with Gasteiger partial charge in [0.1, 0.15) is 23.3 Å². The van der Waals surface area contributed by atoms with Crippen molar-refractivity contribution < 1.29 is 45.8 Å². The van der Waals surface area contributed by atoms with Crippen molar-refractivity contribution in [3.63, 3.8) is 0 Å². The van der Waals surface area contributed by atoms with Crippen LogP contribution in [-0.4, -0.2) is 57.2 Å². The second-order valence-electron chi connectivity index (χ2n) is 9.26. The molecule has 11 nitrogen and oxygen atoms in total. The number of hydrogen-bond acceptors (Lipinski definition) is 8. The molecule has 0 fully saturated rings. The molecule has 0 bridgehead atoms. The van der Waals surface area contributed by atoms with E-state index in [1.165, 1.54) is 21.0 Å². The molecule has 0 radical (unpaired) electrons. The van der Waals surface area contributed by atoms with E-state index in [9.17, 15) is 36.6 Å². The molecule has 0 spiro atoms. The minimum atomic E-state index is -5.01. The summed E-state index contributed by atoms with van der Waals surface area (Å²) in [6, 6.07) is 2.33. The molecular weight excluding hydrogens is 569 g/mol. The molecule has 0 aliphatic carbocycles. The Kier molecular flexibility index (Phi) is 11.1. The SMILES string of the molecule is CCOC(=O)/C(=C(\Nc1ccc(C(F)(F)F)c(C(=O)N(C)C)c1O)C(N)=N[C@H](CC)c1cc(C(C)C)co1)S(=O)O. The molecular formula is C26H33F3N4O7S. The fourth-order valence-corrected chi connectivity index (χ4v) is 4.16. The van der Waals surface area contributed by atoms with E-state index >= 15 is 0 Å². The summed E-state index contributed by atoms with van der Waals surface area (Å²) >= 11 is -3.05. The quantitative estimate of drug-likeness (QED) is 0.0709. The topological polar surface area (TPSA) is 168 Å². The third-order valence-corrected chi connectivity index (χ3v) is 6.52. The number of carbonyl (C=O) groups is 2. The Morgan fingerprint density at radius 3 is 2.34 bits per heavy atom. The smallest absolute Gasteiger partial charge is 0.417 e. The van der Waals surface area contributed by atoms with E-state index in [0.717, 1.165) is 16.5 Å². The first-order valence-corrected chi connectivity index (χ1v) is 13.5. The summed E-state index contributed by atoms with van der Waals surface area (Å²) in [4.78, 5) is 29.6. The largest absolute Gasteiger partial charge is 0.505 e. The molecule has 0 saturated carbocycles. The second-order valence-corrected chi connectivity index (χ2v) is 10.2. The number of carbonyl (C=O) groups excluding carboxylic acids is 2. The minimum Gasteiger partial charge on any atom is -0.505 e. The van der Waals surface area contributed by atoms with Crippen molar-refractivity contribution in [2.45, 2.75) is 52.3 Å². The number of nitrogens with zero attached hydrogens (tertiary/aromatic N) is 2. The normalized spacial score (nSPS) is 14.4. The summed E-state index contributed by atoms with van der Waals surface area (Å²) in [5.41, 5.74) is 3.41. The summed E-state index contributed by atoms with van der Waals surface area (Å²) in [5.74, 6) is -3.58. The Morgan fingerprint density at radius 2 is 1.88 bits per heavy atom. The van der Waals surface area contributed by atoms with Crippen molar-refractivity contribution in [2.75, 3.05) is 26.0 Å². The summed E-state index contributed by atoms with van der Waals surface area (Å²) in [7, 11) is 2.38. The predicted molar refractivity (Wildman–Crippen MR) is 147 cm³/mol. The highest BCUT2D eigenvalue weighted by Crippen LogP contribution is 2.40. The molecule has 1 aromatic heterocycles. The monoisotopic (exact) mass is 602 g/mol. The van der Waals surface area contributed by atoms with Crippen molar-refractivity contribution in [3.8, 4) is 5.75 Å². The van der Waals surface area contributed by atoms with Gasteiger partial charge in [0.05, 0.1) is 29.7 Å². The molecule has 41 heavy (non-hydrogen) atoms. The summed E-state index contributed by atoms with van der Waals surface area (Å²) in [6.07, 6.45) is -3.13. The highest BCUT2D eigenvalue weighted by atomic mass is 32.2. The van der Waals surface area contributed by atoms with Gasteiger partial charge in [-0.3, -0.25) is 9.79 Å². The van der Waals surface area contributed by atoms with E-state index in [1.54, 1.807) is 19.3 Å². The van der Waals surface area contributed by atoms with Gasteiger partial charge in [0, 0.05) is 14.1 Å². The molecule has 226 valence electrons. The zero-order valence-electron chi connectivity index (χ0n) is 23.3. The van der Waals surface area contributed by atoms with Crippen LogP contribution >= 0.6 is 0 Å². The molecule has 1 aromatic carbocycles. The number of ether oxygens (including phenoxy) is 1. The molecule has 0 aliphatic heterocycles. The lowest BCUT2D eigenvalue weighted by Gasteiger charge is -2.21. The number of halogens is 3. The second kappa shape index (κ2) is 13.7. The number of aliphatic imine (C=N–C) groups is 1. The zero-order chi connectivity index (χ0) is 31.2. The number of alkyl halides is 3. The molecule has 2 aromatic rings. The maximum atomic E-state index is 13.7. The molecule has 2 rings (SSSR count). The van der Waals surface area contributed by atoms with Crippen molar-refractivity contribution in [3.05, 3.63) is 57.5 Å². The molecule has 5 N–H and O–H groups in total. The number of rotatable bonds is 11. The third-order valence-electron chi connectivity index (χ3n) is 5.80. The Hall–Kier alpha value is -3.85. The van der Waals surface area contributed by atoms with Crippen LogP contribution in [0.1, 0.15) is 73.3 Å². The summed E-state index contributed by atoms with van der Waals surface area (Å²) in [5, 5.41) is 13.3. The van der Waals surface area contributed by atoms with Gasteiger partial charge in [-0.05, 0) is 43.0 Å². The van der Waals surface area contributed by atoms with E-state index in [0.29, 0.717) is 18.2 Å². The van der Waals surface area contributed by atoms with Crippen LogP contribution in [0.2, 0.25) is 0 Å². The number of amidine groups is 1. The number of benzene rings is 1. The molecule has 0 saturated heterocycles.